The van der Waals surface area contributed by atoms with Crippen molar-refractivity contribution in [3.05, 3.63) is 53.7 Å². The summed E-state index contributed by atoms with van der Waals surface area (Å²) in [5.74, 6) is -0.113. The molecule has 1 aliphatic heterocycles. The van der Waals surface area contributed by atoms with Crippen LogP contribution < -0.4 is 10.2 Å². The number of fused-ring (bicyclic) bond motifs is 2. The molecule has 0 aliphatic carbocycles. The van der Waals surface area contributed by atoms with Crippen LogP contribution in [0, 0.1) is 0 Å². The number of anilines is 1. The molecule has 3 heterocycles. The van der Waals surface area contributed by atoms with E-state index in [2.05, 4.69) is 50.0 Å². The van der Waals surface area contributed by atoms with Crippen LogP contribution in [-0.2, 0) is 6.42 Å². The van der Waals surface area contributed by atoms with Gasteiger partial charge >= 0.3 is 0 Å². The molecular formula is C17H18N6O. The molecule has 7 heteroatoms. The van der Waals surface area contributed by atoms with Gasteiger partial charge in [-0.15, -0.1) is 5.10 Å². The van der Waals surface area contributed by atoms with Gasteiger partial charge in [0.25, 0.3) is 5.91 Å². The van der Waals surface area contributed by atoms with E-state index in [1.54, 1.807) is 18.3 Å². The van der Waals surface area contributed by atoms with Crippen LogP contribution >= 0.6 is 0 Å². The Kier molecular flexibility index (Phi) is 3.82. The Hall–Kier alpha value is -2.96. The number of amides is 1. The largest absolute Gasteiger partial charge is 0.370 e. The molecule has 0 atom stereocenters. The van der Waals surface area contributed by atoms with Gasteiger partial charge in [-0.25, -0.2) is 0 Å². The second-order valence-electron chi connectivity index (χ2n) is 5.87. The summed E-state index contributed by atoms with van der Waals surface area (Å²) in [6.45, 7) is 2.43. The molecule has 1 aromatic carbocycles. The van der Waals surface area contributed by atoms with Gasteiger partial charge in [-0.2, -0.15) is 4.52 Å². The van der Waals surface area contributed by atoms with Crippen molar-refractivity contribution in [3.8, 4) is 0 Å². The number of pyridine rings is 1. The van der Waals surface area contributed by atoms with Crippen LogP contribution in [0.15, 0.2) is 42.6 Å². The van der Waals surface area contributed by atoms with Crippen LogP contribution in [0.4, 0.5) is 5.69 Å². The predicted octanol–water partition coefficient (Wildman–Crippen LogP) is 1.31. The lowest BCUT2D eigenvalue weighted by Crippen LogP contribution is -2.37. The monoisotopic (exact) mass is 322 g/mol. The van der Waals surface area contributed by atoms with E-state index in [4.69, 9.17) is 0 Å². The van der Waals surface area contributed by atoms with Crippen molar-refractivity contribution in [2.75, 3.05) is 24.5 Å². The van der Waals surface area contributed by atoms with E-state index in [1.165, 1.54) is 15.8 Å². The molecule has 0 spiro atoms. The van der Waals surface area contributed by atoms with E-state index in [-0.39, 0.29) is 5.91 Å². The summed E-state index contributed by atoms with van der Waals surface area (Å²) in [5, 5.41) is 14.2. The summed E-state index contributed by atoms with van der Waals surface area (Å²) < 4.78 is 1.50. The number of carbonyl (C=O) groups excluding carboxylic acids is 1. The number of hydrogen-bond acceptors (Lipinski definition) is 5. The molecule has 0 fully saturated rings. The highest BCUT2D eigenvalue weighted by Gasteiger charge is 2.16. The molecule has 0 bridgehead atoms. The Morgan fingerprint density at radius 2 is 2.12 bits per heavy atom. The maximum atomic E-state index is 12.3. The number of aryl methyl sites for hydroxylation is 1. The fraction of sp³-hybridized carbons (Fsp3) is 0.294. The number of para-hydroxylation sites is 1. The number of rotatable bonds is 4. The number of carbonyl (C=O) groups is 1. The molecule has 1 aliphatic rings. The van der Waals surface area contributed by atoms with E-state index < -0.39 is 0 Å². The summed E-state index contributed by atoms with van der Waals surface area (Å²) in [5.41, 5.74) is 3.85. The fourth-order valence-electron chi connectivity index (χ4n) is 3.13. The van der Waals surface area contributed by atoms with Gasteiger partial charge in [-0.3, -0.25) is 4.79 Å². The smallest absolute Gasteiger partial charge is 0.252 e. The minimum absolute atomic E-state index is 0.113. The molecule has 0 radical (unpaired) electrons. The van der Waals surface area contributed by atoms with E-state index in [0.717, 1.165) is 25.9 Å². The summed E-state index contributed by atoms with van der Waals surface area (Å²) in [4.78, 5) is 14.6. The molecular weight excluding hydrogens is 304 g/mol. The van der Waals surface area contributed by atoms with E-state index in [9.17, 15) is 4.79 Å². The average Bonchev–Trinajstić information content (AvgIpc) is 3.09. The van der Waals surface area contributed by atoms with Crippen molar-refractivity contribution in [1.82, 2.24) is 25.4 Å². The molecule has 0 unspecified atom stereocenters. The molecule has 4 rings (SSSR count). The Morgan fingerprint density at radius 1 is 1.21 bits per heavy atom. The highest BCUT2D eigenvalue weighted by molar-refractivity contribution is 5.94. The minimum Gasteiger partial charge on any atom is -0.370 e. The molecule has 2 aromatic heterocycles. The molecule has 7 nitrogen and oxygen atoms in total. The number of hydrogen-bond donors (Lipinski definition) is 1. The van der Waals surface area contributed by atoms with Gasteiger partial charge in [0.2, 0.25) is 0 Å². The minimum atomic E-state index is -0.113. The second-order valence-corrected chi connectivity index (χ2v) is 5.87. The first-order valence-corrected chi connectivity index (χ1v) is 8.10. The second kappa shape index (κ2) is 6.27. The van der Waals surface area contributed by atoms with Crippen LogP contribution in [0.25, 0.3) is 5.65 Å². The quantitative estimate of drug-likeness (QED) is 0.784. The zero-order valence-electron chi connectivity index (χ0n) is 13.2. The Bertz CT molecular complexity index is 874. The normalized spacial score (nSPS) is 13.8. The SMILES string of the molecule is O=C(NCCN1CCCc2ccccc21)c1ccc2nnnn2c1. The number of aromatic nitrogens is 4. The number of nitrogens with zero attached hydrogens (tertiary/aromatic N) is 5. The van der Waals surface area contributed by atoms with E-state index >= 15 is 0 Å². The third-order valence-electron chi connectivity index (χ3n) is 4.33. The lowest BCUT2D eigenvalue weighted by atomic mass is 10.0. The van der Waals surface area contributed by atoms with Crippen LogP contribution in [0.2, 0.25) is 0 Å². The number of nitrogens with one attached hydrogen (secondary N) is 1. The average molecular weight is 322 g/mol. The number of tetrazole rings is 1. The van der Waals surface area contributed by atoms with Crippen molar-refractivity contribution < 1.29 is 4.79 Å². The molecule has 24 heavy (non-hydrogen) atoms. The molecule has 0 saturated heterocycles. The van der Waals surface area contributed by atoms with Crippen LogP contribution in [-0.4, -0.2) is 45.6 Å². The molecule has 3 aromatic rings. The molecule has 1 N–H and O–H groups in total. The van der Waals surface area contributed by atoms with Crippen LogP contribution in [0.1, 0.15) is 22.3 Å². The van der Waals surface area contributed by atoms with Gasteiger partial charge in [-0.1, -0.05) is 18.2 Å². The van der Waals surface area contributed by atoms with Crippen molar-refractivity contribution >= 4 is 17.2 Å². The zero-order valence-corrected chi connectivity index (χ0v) is 13.2. The third-order valence-corrected chi connectivity index (χ3v) is 4.33. The van der Waals surface area contributed by atoms with Crippen molar-refractivity contribution in [1.29, 1.82) is 0 Å². The summed E-state index contributed by atoms with van der Waals surface area (Å²) in [6, 6.07) is 12.0. The van der Waals surface area contributed by atoms with Crippen LogP contribution in [0.3, 0.4) is 0 Å². The summed E-state index contributed by atoms with van der Waals surface area (Å²) >= 11 is 0. The lowest BCUT2D eigenvalue weighted by molar-refractivity contribution is 0.0954. The Balaban J connectivity index is 1.38. The van der Waals surface area contributed by atoms with Crippen molar-refractivity contribution in [3.63, 3.8) is 0 Å². The highest BCUT2D eigenvalue weighted by atomic mass is 16.1. The predicted molar refractivity (Wildman–Crippen MR) is 90.1 cm³/mol. The molecule has 0 saturated carbocycles. The Morgan fingerprint density at radius 3 is 3.08 bits per heavy atom. The first-order chi connectivity index (χ1) is 11.8. The lowest BCUT2D eigenvalue weighted by Gasteiger charge is -2.31. The number of benzene rings is 1. The van der Waals surface area contributed by atoms with Gasteiger partial charge in [0.15, 0.2) is 5.65 Å². The standard InChI is InChI=1S/C17H18N6O/c24-17(14-7-8-16-19-20-21-23(16)12-14)18-9-11-22-10-3-5-13-4-1-2-6-15(13)22/h1-2,4,6-8,12H,3,5,9-11H2,(H,18,24). The van der Waals surface area contributed by atoms with Gasteiger partial charge in [0.05, 0.1) is 5.56 Å². The van der Waals surface area contributed by atoms with Gasteiger partial charge in [0.1, 0.15) is 0 Å². The fourth-order valence-corrected chi connectivity index (χ4v) is 3.13. The van der Waals surface area contributed by atoms with Gasteiger partial charge in [-0.05, 0) is 47.0 Å². The van der Waals surface area contributed by atoms with Gasteiger partial charge < -0.3 is 10.2 Å². The Labute approximate surface area is 139 Å². The van der Waals surface area contributed by atoms with Crippen LogP contribution in [0.5, 0.6) is 0 Å². The van der Waals surface area contributed by atoms with E-state index in [1.807, 2.05) is 0 Å². The molecule has 1 amide bonds. The maximum Gasteiger partial charge on any atom is 0.252 e. The zero-order chi connectivity index (χ0) is 16.4. The first kappa shape index (κ1) is 14.6. The third kappa shape index (κ3) is 2.80. The highest BCUT2D eigenvalue weighted by Crippen LogP contribution is 2.25. The molecule has 122 valence electrons. The topological polar surface area (TPSA) is 75.4 Å². The van der Waals surface area contributed by atoms with Crippen molar-refractivity contribution in [2.45, 2.75) is 12.8 Å². The summed E-state index contributed by atoms with van der Waals surface area (Å²) in [6.07, 6.45) is 3.92. The van der Waals surface area contributed by atoms with Gasteiger partial charge in [0, 0.05) is 31.5 Å². The maximum absolute atomic E-state index is 12.3. The van der Waals surface area contributed by atoms with E-state index in [0.29, 0.717) is 17.8 Å². The summed E-state index contributed by atoms with van der Waals surface area (Å²) in [7, 11) is 0. The first-order valence-electron chi connectivity index (χ1n) is 8.10. The van der Waals surface area contributed by atoms with Crippen molar-refractivity contribution in [2.24, 2.45) is 0 Å².